The fraction of sp³-hybridized carbons (Fsp3) is 0.364. The molecule has 2 aromatic rings. The zero-order chi connectivity index (χ0) is 19.3. The molecule has 1 aliphatic rings. The van der Waals surface area contributed by atoms with Gasteiger partial charge >= 0.3 is 0 Å². The summed E-state index contributed by atoms with van der Waals surface area (Å²) >= 11 is 6.20. The molecule has 1 fully saturated rings. The molecule has 3 rings (SSSR count). The smallest absolute Gasteiger partial charge is 0.235 e. The van der Waals surface area contributed by atoms with Crippen LogP contribution >= 0.6 is 11.6 Å². The number of likely N-dealkylation sites (N-methyl/N-ethyl adjacent to an activating group) is 1. The highest BCUT2D eigenvalue weighted by Crippen LogP contribution is 2.41. The van der Waals surface area contributed by atoms with Crippen LogP contribution in [0.1, 0.15) is 43.2 Å². The Kier molecular flexibility index (Phi) is 6.17. The molecule has 142 valence electrons. The number of benzene rings is 2. The fourth-order valence-electron chi connectivity index (χ4n) is 3.82. The van der Waals surface area contributed by atoms with Crippen molar-refractivity contribution in [1.82, 2.24) is 5.32 Å². The van der Waals surface area contributed by atoms with Crippen LogP contribution in [0.3, 0.4) is 0 Å². The van der Waals surface area contributed by atoms with E-state index < -0.39 is 5.41 Å². The van der Waals surface area contributed by atoms with Crippen molar-refractivity contribution in [2.24, 2.45) is 0 Å². The van der Waals surface area contributed by atoms with Crippen LogP contribution in [-0.2, 0) is 21.4 Å². The molecule has 0 heterocycles. The van der Waals surface area contributed by atoms with Crippen LogP contribution in [0.4, 0.5) is 5.69 Å². The molecule has 0 atom stereocenters. The molecule has 2 amide bonds. The summed E-state index contributed by atoms with van der Waals surface area (Å²) in [7, 11) is 1.62. The highest BCUT2D eigenvalue weighted by atomic mass is 35.5. The first-order valence-corrected chi connectivity index (χ1v) is 9.78. The standard InChI is InChI=1S/C22H25ClN2O2/c1-24-20(26)14-16-8-10-19(11-9-16)25-21(27)22(12-3-2-4-13-22)17-6-5-7-18(23)15-17/h5-11,15H,2-4,12-14H2,1H3,(H,24,26)(H,25,27). The summed E-state index contributed by atoms with van der Waals surface area (Å²) in [5.41, 5.74) is 2.11. The Bertz CT molecular complexity index is 811. The largest absolute Gasteiger partial charge is 0.359 e. The third kappa shape index (κ3) is 4.51. The minimum Gasteiger partial charge on any atom is -0.359 e. The van der Waals surface area contributed by atoms with Gasteiger partial charge in [0.2, 0.25) is 11.8 Å². The van der Waals surface area contributed by atoms with Gasteiger partial charge in [-0.1, -0.05) is 55.1 Å². The van der Waals surface area contributed by atoms with Crippen LogP contribution in [0.15, 0.2) is 48.5 Å². The lowest BCUT2D eigenvalue weighted by atomic mass is 9.68. The minimum atomic E-state index is -0.538. The number of halogens is 1. The van der Waals surface area contributed by atoms with Gasteiger partial charge < -0.3 is 10.6 Å². The third-order valence-electron chi connectivity index (χ3n) is 5.37. The Hall–Kier alpha value is -2.33. The predicted molar refractivity (Wildman–Crippen MR) is 109 cm³/mol. The van der Waals surface area contributed by atoms with Crippen LogP contribution in [0, 0.1) is 0 Å². The van der Waals surface area contributed by atoms with E-state index in [1.807, 2.05) is 48.5 Å². The average Bonchev–Trinajstić information content (AvgIpc) is 2.70. The quantitative estimate of drug-likeness (QED) is 0.799. The number of carbonyl (C=O) groups is 2. The van der Waals surface area contributed by atoms with Gasteiger partial charge in [-0.2, -0.15) is 0 Å². The van der Waals surface area contributed by atoms with Crippen molar-refractivity contribution < 1.29 is 9.59 Å². The molecule has 0 aliphatic heterocycles. The Balaban J connectivity index is 1.80. The number of amides is 2. The molecule has 4 nitrogen and oxygen atoms in total. The van der Waals surface area contributed by atoms with Gasteiger partial charge in [0.1, 0.15) is 0 Å². The summed E-state index contributed by atoms with van der Waals surface area (Å²) in [4.78, 5) is 24.8. The van der Waals surface area contributed by atoms with Crippen LogP contribution in [0.25, 0.3) is 0 Å². The molecule has 5 heteroatoms. The van der Waals surface area contributed by atoms with E-state index in [9.17, 15) is 9.59 Å². The van der Waals surface area contributed by atoms with Crippen molar-refractivity contribution in [2.75, 3.05) is 12.4 Å². The van der Waals surface area contributed by atoms with Gasteiger partial charge in [-0.05, 0) is 48.2 Å². The number of hydrogen-bond donors (Lipinski definition) is 2. The molecule has 2 N–H and O–H groups in total. The van der Waals surface area contributed by atoms with Gasteiger partial charge in [0.15, 0.2) is 0 Å². The van der Waals surface area contributed by atoms with Crippen LogP contribution < -0.4 is 10.6 Å². The van der Waals surface area contributed by atoms with E-state index in [-0.39, 0.29) is 11.8 Å². The third-order valence-corrected chi connectivity index (χ3v) is 5.61. The summed E-state index contributed by atoms with van der Waals surface area (Å²) in [6.07, 6.45) is 5.21. The molecule has 27 heavy (non-hydrogen) atoms. The molecule has 0 spiro atoms. The molecule has 0 bridgehead atoms. The van der Waals surface area contributed by atoms with Crippen LogP contribution in [-0.4, -0.2) is 18.9 Å². The maximum Gasteiger partial charge on any atom is 0.235 e. The second-order valence-electron chi connectivity index (χ2n) is 7.15. The highest BCUT2D eigenvalue weighted by Gasteiger charge is 2.41. The Morgan fingerprint density at radius 3 is 2.37 bits per heavy atom. The minimum absolute atomic E-state index is 0.0171. The average molecular weight is 385 g/mol. The Morgan fingerprint density at radius 2 is 1.74 bits per heavy atom. The molecule has 1 aliphatic carbocycles. The van der Waals surface area contributed by atoms with E-state index in [0.29, 0.717) is 11.4 Å². The topological polar surface area (TPSA) is 58.2 Å². The Morgan fingerprint density at radius 1 is 1.04 bits per heavy atom. The van der Waals surface area contributed by atoms with Gasteiger partial charge in [0, 0.05) is 17.8 Å². The fourth-order valence-corrected chi connectivity index (χ4v) is 4.01. The predicted octanol–water partition coefficient (Wildman–Crippen LogP) is 4.47. The second kappa shape index (κ2) is 8.57. The molecular formula is C22H25ClN2O2. The highest BCUT2D eigenvalue weighted by molar-refractivity contribution is 6.30. The van der Waals surface area contributed by atoms with Gasteiger partial charge in [-0.3, -0.25) is 9.59 Å². The molecule has 2 aromatic carbocycles. The van der Waals surface area contributed by atoms with E-state index in [2.05, 4.69) is 10.6 Å². The molecule has 0 radical (unpaired) electrons. The number of anilines is 1. The zero-order valence-electron chi connectivity index (χ0n) is 15.6. The molecular weight excluding hydrogens is 360 g/mol. The van der Waals surface area contributed by atoms with E-state index in [1.54, 1.807) is 7.05 Å². The van der Waals surface area contributed by atoms with Gasteiger partial charge in [0.25, 0.3) is 0 Å². The van der Waals surface area contributed by atoms with Gasteiger partial charge in [0.05, 0.1) is 11.8 Å². The van der Waals surface area contributed by atoms with Crippen LogP contribution in [0.2, 0.25) is 5.02 Å². The van der Waals surface area contributed by atoms with Crippen molar-refractivity contribution >= 4 is 29.1 Å². The van der Waals surface area contributed by atoms with E-state index in [4.69, 9.17) is 11.6 Å². The lowest BCUT2D eigenvalue weighted by Gasteiger charge is -2.36. The van der Waals surface area contributed by atoms with Gasteiger partial charge in [-0.25, -0.2) is 0 Å². The first-order valence-electron chi connectivity index (χ1n) is 9.40. The maximum absolute atomic E-state index is 13.3. The van der Waals surface area contributed by atoms with Crippen LogP contribution in [0.5, 0.6) is 0 Å². The maximum atomic E-state index is 13.3. The summed E-state index contributed by atoms with van der Waals surface area (Å²) in [5, 5.41) is 6.35. The Labute approximate surface area is 165 Å². The molecule has 0 unspecified atom stereocenters. The second-order valence-corrected chi connectivity index (χ2v) is 7.59. The first-order chi connectivity index (χ1) is 13.0. The molecule has 0 aromatic heterocycles. The SMILES string of the molecule is CNC(=O)Cc1ccc(NC(=O)C2(c3cccc(Cl)c3)CCCCC2)cc1. The summed E-state index contributed by atoms with van der Waals surface area (Å²) < 4.78 is 0. The van der Waals surface area contributed by atoms with Gasteiger partial charge in [-0.15, -0.1) is 0 Å². The summed E-state index contributed by atoms with van der Waals surface area (Å²) in [5.74, 6) is -0.0163. The lowest BCUT2D eigenvalue weighted by Crippen LogP contribution is -2.42. The van der Waals surface area contributed by atoms with Crippen molar-refractivity contribution in [2.45, 2.75) is 43.9 Å². The first kappa shape index (κ1) is 19.4. The molecule has 1 saturated carbocycles. The number of rotatable bonds is 5. The van der Waals surface area contributed by atoms with Crippen molar-refractivity contribution in [3.8, 4) is 0 Å². The summed E-state index contributed by atoms with van der Waals surface area (Å²) in [6, 6.07) is 15.1. The normalized spacial score (nSPS) is 15.8. The van der Waals surface area contributed by atoms with Crippen molar-refractivity contribution in [3.63, 3.8) is 0 Å². The lowest BCUT2D eigenvalue weighted by molar-refractivity contribution is -0.123. The van der Waals surface area contributed by atoms with Crippen molar-refractivity contribution in [1.29, 1.82) is 0 Å². The molecule has 0 saturated heterocycles. The van der Waals surface area contributed by atoms with Crippen molar-refractivity contribution in [3.05, 3.63) is 64.7 Å². The number of carbonyl (C=O) groups excluding carboxylic acids is 2. The van der Waals surface area contributed by atoms with E-state index >= 15 is 0 Å². The van der Waals surface area contributed by atoms with E-state index in [0.717, 1.165) is 48.9 Å². The van der Waals surface area contributed by atoms with E-state index in [1.165, 1.54) is 0 Å². The zero-order valence-corrected chi connectivity index (χ0v) is 16.3. The monoisotopic (exact) mass is 384 g/mol. The number of hydrogen-bond acceptors (Lipinski definition) is 2. The number of nitrogens with one attached hydrogen (secondary N) is 2. The summed E-state index contributed by atoms with van der Waals surface area (Å²) in [6.45, 7) is 0.